The lowest BCUT2D eigenvalue weighted by Gasteiger charge is -2.26. The molecule has 3 rings (SSSR count). The van der Waals surface area contributed by atoms with Crippen molar-refractivity contribution < 1.29 is 18.1 Å². The first-order chi connectivity index (χ1) is 28.7. The Morgan fingerprint density at radius 3 is 0.763 bits per heavy atom. The second-order valence-electron chi connectivity index (χ2n) is 15.3. The zero-order valence-electron chi connectivity index (χ0n) is 37.8. The van der Waals surface area contributed by atoms with Crippen molar-refractivity contribution >= 4 is 78.4 Å². The number of hydrogen-bond donors (Lipinski definition) is 0. The van der Waals surface area contributed by atoms with E-state index < -0.39 is 7.82 Å². The lowest BCUT2D eigenvalue weighted by molar-refractivity contribution is 0.284. The van der Waals surface area contributed by atoms with Crippen molar-refractivity contribution in [2.75, 3.05) is 37.5 Å². The molecule has 0 saturated heterocycles. The summed E-state index contributed by atoms with van der Waals surface area (Å²) in [6.07, 6.45) is 38.1. The van der Waals surface area contributed by atoms with Gasteiger partial charge in [-0.25, -0.2) is 0 Å². The first-order valence-corrected chi connectivity index (χ1v) is 31.0. The largest absolute Gasteiger partial charge is 0.647 e. The highest BCUT2D eigenvalue weighted by molar-refractivity contribution is 8.00. The molecule has 0 fully saturated rings. The fourth-order valence-electron chi connectivity index (χ4n) is 7.23. The van der Waals surface area contributed by atoms with Crippen LogP contribution in [0, 0.1) is 0 Å². The minimum Gasteiger partial charge on any atom is -0.384 e. The quantitative estimate of drug-likeness (QED) is 0.0335. The van der Waals surface area contributed by atoms with Crippen molar-refractivity contribution in [2.24, 2.45) is 0 Å². The second kappa shape index (κ2) is 30.5. The van der Waals surface area contributed by atoms with Crippen LogP contribution in [-0.4, -0.2) is 37.5 Å². The van der Waals surface area contributed by atoms with Gasteiger partial charge in [0.05, 0.1) is 29.4 Å². The molecule has 0 aliphatic carbocycles. The molecule has 0 heterocycles. The van der Waals surface area contributed by atoms with Gasteiger partial charge in [0.15, 0.2) is 17.2 Å². The highest BCUT2D eigenvalue weighted by atomic mass is 32.2. The summed E-state index contributed by atoms with van der Waals surface area (Å²) in [5.74, 6) is 1.69. The predicted molar refractivity (Wildman–Crippen MR) is 271 cm³/mol. The van der Waals surface area contributed by atoms with Crippen LogP contribution in [0.3, 0.4) is 0 Å². The van der Waals surface area contributed by atoms with Gasteiger partial charge in [0.2, 0.25) is 0 Å². The number of hydrogen-bond acceptors (Lipinski definition) is 10. The highest BCUT2D eigenvalue weighted by Gasteiger charge is 2.38. The molecule has 4 nitrogen and oxygen atoms in total. The van der Waals surface area contributed by atoms with Gasteiger partial charge in [-0.2, -0.15) is 4.57 Å². The molecule has 0 atom stereocenters. The number of thioether (sulfide) groups is 6. The lowest BCUT2D eigenvalue weighted by Crippen LogP contribution is -2.11. The van der Waals surface area contributed by atoms with E-state index in [9.17, 15) is 0 Å². The number of phosphoric acid groups is 1. The Morgan fingerprint density at radius 1 is 0.356 bits per heavy atom. The van der Waals surface area contributed by atoms with E-state index >= 15 is 4.57 Å². The molecule has 0 unspecified atom stereocenters. The average Bonchev–Trinajstić information content (AvgIpc) is 3.25. The number of unbranched alkanes of at least 4 members (excludes halogenated alkanes) is 15. The second-order valence-corrected chi connectivity index (χ2v) is 21.8. The third kappa shape index (κ3) is 18.2. The topological polar surface area (TPSA) is 44.8 Å². The van der Waals surface area contributed by atoms with Crippen LogP contribution in [0.25, 0.3) is 0 Å². The Labute approximate surface area is 386 Å². The van der Waals surface area contributed by atoms with E-state index in [2.05, 4.69) is 94.7 Å². The van der Waals surface area contributed by atoms with Gasteiger partial charge in [-0.15, -0.1) is 70.6 Å². The standard InChI is InChI=1S/C48H75O4PS6/c1-10-13-16-19-22-25-28-37-31-40(54-4)46(41(32-37)55-5)50-53(49,51-47-42(56-6)33-38(34-43(47)57-7)29-26-23-20-17-14-11-2)52-48-44(58-8)35-39(36-45(48)59-9)30-27-24-21-18-15-12-3/h31-36H,10-30H2,1-9H3. The molecule has 0 aliphatic rings. The fraction of sp³-hybridized carbons (Fsp3) is 0.625. The van der Waals surface area contributed by atoms with Crippen LogP contribution in [0.4, 0.5) is 0 Å². The summed E-state index contributed by atoms with van der Waals surface area (Å²) < 4.78 is 36.1. The average molecular weight is 939 g/mol. The zero-order valence-corrected chi connectivity index (χ0v) is 43.6. The van der Waals surface area contributed by atoms with E-state index in [4.69, 9.17) is 13.6 Å². The first kappa shape index (κ1) is 52.7. The Morgan fingerprint density at radius 2 is 0.559 bits per heavy atom. The van der Waals surface area contributed by atoms with Gasteiger partial charge in [-0.3, -0.25) is 0 Å². The van der Waals surface area contributed by atoms with Crippen molar-refractivity contribution in [3.8, 4) is 17.2 Å². The molecule has 0 saturated carbocycles. The third-order valence-electron chi connectivity index (χ3n) is 10.6. The molecule has 0 spiro atoms. The van der Waals surface area contributed by atoms with E-state index in [0.717, 1.165) is 67.9 Å². The fourth-order valence-corrected chi connectivity index (χ4v) is 12.8. The van der Waals surface area contributed by atoms with Crippen LogP contribution in [0.15, 0.2) is 65.8 Å². The normalized spacial score (nSPS) is 11.7. The number of aryl methyl sites for hydroxylation is 3. The highest BCUT2D eigenvalue weighted by Crippen LogP contribution is 2.58. The van der Waals surface area contributed by atoms with Crippen molar-refractivity contribution in [2.45, 2.75) is 185 Å². The lowest BCUT2D eigenvalue weighted by atomic mass is 10.0. The number of benzene rings is 3. The maximum atomic E-state index is 15.8. The molecule has 0 radical (unpaired) electrons. The van der Waals surface area contributed by atoms with E-state index in [-0.39, 0.29) is 0 Å². The summed E-state index contributed by atoms with van der Waals surface area (Å²) in [6.45, 7) is 6.79. The maximum absolute atomic E-state index is 15.8. The molecule has 3 aromatic rings. The molecular weight excluding hydrogens is 864 g/mol. The molecular formula is C48H75O4PS6. The summed E-state index contributed by atoms with van der Waals surface area (Å²) >= 11 is 9.70. The van der Waals surface area contributed by atoms with Gasteiger partial charge in [-0.05, 0) is 129 Å². The van der Waals surface area contributed by atoms with Crippen molar-refractivity contribution in [3.05, 3.63) is 53.1 Å². The Hall–Kier alpha value is -0.610. The molecule has 0 aliphatic heterocycles. The summed E-state index contributed by atoms with van der Waals surface area (Å²) in [4.78, 5) is 5.66. The monoisotopic (exact) mass is 938 g/mol. The van der Waals surface area contributed by atoms with E-state index in [1.807, 2.05) is 0 Å². The molecule has 3 aromatic carbocycles. The van der Waals surface area contributed by atoms with Crippen molar-refractivity contribution in [1.29, 1.82) is 0 Å². The van der Waals surface area contributed by atoms with Crippen LogP contribution in [-0.2, 0) is 23.8 Å². The summed E-state index contributed by atoms with van der Waals surface area (Å²) in [6, 6.07) is 13.3. The molecule has 332 valence electrons. The molecule has 0 amide bonds. The van der Waals surface area contributed by atoms with Gasteiger partial charge in [0.25, 0.3) is 0 Å². The van der Waals surface area contributed by atoms with Gasteiger partial charge in [0.1, 0.15) is 0 Å². The van der Waals surface area contributed by atoms with Gasteiger partial charge in [-0.1, -0.05) is 117 Å². The maximum Gasteiger partial charge on any atom is 0.647 e. The minimum atomic E-state index is -4.36. The van der Waals surface area contributed by atoms with Crippen LogP contribution in [0.5, 0.6) is 17.2 Å². The summed E-state index contributed by atoms with van der Waals surface area (Å²) in [5, 5.41) is 0. The number of rotatable bonds is 33. The van der Waals surface area contributed by atoms with Crippen LogP contribution in [0.1, 0.15) is 153 Å². The Kier molecular flexibility index (Phi) is 27.2. The predicted octanol–water partition coefficient (Wildman–Crippen LogP) is 18.4. The minimum absolute atomic E-state index is 0.562. The van der Waals surface area contributed by atoms with Crippen molar-refractivity contribution in [3.63, 3.8) is 0 Å². The van der Waals surface area contributed by atoms with Gasteiger partial charge >= 0.3 is 7.82 Å². The van der Waals surface area contributed by atoms with Crippen LogP contribution in [0.2, 0.25) is 0 Å². The Bertz CT molecular complexity index is 1430. The number of phosphoric ester groups is 1. The zero-order chi connectivity index (χ0) is 42.9. The van der Waals surface area contributed by atoms with E-state index in [1.54, 1.807) is 70.6 Å². The smallest absolute Gasteiger partial charge is 0.384 e. The first-order valence-electron chi connectivity index (χ1n) is 22.2. The molecule has 0 aromatic heterocycles. The van der Waals surface area contributed by atoms with E-state index in [0.29, 0.717) is 17.2 Å². The third-order valence-corrected chi connectivity index (χ3v) is 16.3. The van der Waals surface area contributed by atoms with Crippen LogP contribution < -0.4 is 13.6 Å². The van der Waals surface area contributed by atoms with Crippen LogP contribution >= 0.6 is 78.4 Å². The molecule has 11 heteroatoms. The van der Waals surface area contributed by atoms with Gasteiger partial charge < -0.3 is 13.6 Å². The summed E-state index contributed by atoms with van der Waals surface area (Å²) in [5.41, 5.74) is 3.84. The molecule has 0 bridgehead atoms. The van der Waals surface area contributed by atoms with Gasteiger partial charge in [0, 0.05) is 0 Å². The molecule has 59 heavy (non-hydrogen) atoms. The molecule has 0 N–H and O–H groups in total. The summed E-state index contributed by atoms with van der Waals surface area (Å²) in [7, 11) is -4.36. The van der Waals surface area contributed by atoms with Crippen molar-refractivity contribution in [1.82, 2.24) is 0 Å². The van der Waals surface area contributed by atoms with E-state index in [1.165, 1.54) is 113 Å². The Balaban J connectivity index is 2.07. The SMILES string of the molecule is CCCCCCCCc1cc(SC)c(OP(=O)(Oc2c(SC)cc(CCCCCCCC)cc2SC)Oc2c(SC)cc(CCCCCCCC)cc2SC)c(SC)c1.